The summed E-state index contributed by atoms with van der Waals surface area (Å²) in [6, 6.07) is 28.3. The van der Waals surface area contributed by atoms with E-state index in [0.717, 1.165) is 0 Å². The van der Waals surface area contributed by atoms with Crippen molar-refractivity contribution in [1.82, 2.24) is 0 Å². The van der Waals surface area contributed by atoms with Crippen LogP contribution in [0.3, 0.4) is 0 Å². The Kier molecular flexibility index (Phi) is 1.78. The highest BCUT2D eigenvalue weighted by atomic mass is 14.2. The Labute approximate surface area is 117 Å². The normalized spacial score (nSPS) is 12.0. The molecule has 0 heteroatoms. The zero-order valence-corrected chi connectivity index (χ0v) is 10.8. The van der Waals surface area contributed by atoms with Gasteiger partial charge in [-0.25, -0.2) is 0 Å². The fourth-order valence-electron chi connectivity index (χ4n) is 3.34. The third-order valence-electron chi connectivity index (χ3n) is 4.19. The largest absolute Gasteiger partial charge is 0.0616 e. The Bertz CT molecular complexity index is 993. The summed E-state index contributed by atoms with van der Waals surface area (Å²) in [5.74, 6) is 0. The minimum Gasteiger partial charge on any atom is -0.0616 e. The van der Waals surface area contributed by atoms with Gasteiger partial charge in [0.2, 0.25) is 0 Å². The van der Waals surface area contributed by atoms with Crippen molar-refractivity contribution in [1.29, 1.82) is 0 Å². The van der Waals surface area contributed by atoms with Gasteiger partial charge in [-0.15, -0.1) is 0 Å². The molecule has 0 aromatic heterocycles. The van der Waals surface area contributed by atoms with Crippen LogP contribution in [-0.4, -0.2) is 0 Å². The Morgan fingerprint density at radius 2 is 1.50 bits per heavy atom. The summed E-state index contributed by atoms with van der Waals surface area (Å²) < 4.78 is 0. The van der Waals surface area contributed by atoms with Crippen molar-refractivity contribution in [3.05, 3.63) is 72.8 Å². The van der Waals surface area contributed by atoms with Crippen LogP contribution in [0.4, 0.5) is 0 Å². The molecule has 0 atom stereocenters. The Balaban J connectivity index is 2.12. The molecule has 2 radical (unpaired) electrons. The molecule has 0 amide bonds. The van der Waals surface area contributed by atoms with Gasteiger partial charge in [0.05, 0.1) is 0 Å². The number of rotatable bonds is 0. The van der Waals surface area contributed by atoms with Gasteiger partial charge < -0.3 is 0 Å². The van der Waals surface area contributed by atoms with Crippen LogP contribution in [0.25, 0.3) is 43.8 Å². The van der Waals surface area contributed by atoms with Gasteiger partial charge in [-0.1, -0.05) is 60.7 Å². The van der Waals surface area contributed by atoms with Crippen molar-refractivity contribution in [3.8, 4) is 22.3 Å². The lowest BCUT2D eigenvalue weighted by atomic mass is 9.97. The van der Waals surface area contributed by atoms with Gasteiger partial charge in [0.25, 0.3) is 0 Å². The van der Waals surface area contributed by atoms with Crippen LogP contribution >= 0.6 is 0 Å². The monoisotopic (exact) mass is 250 g/mol. The number of hydrogen-bond acceptors (Lipinski definition) is 0. The van der Waals surface area contributed by atoms with E-state index >= 15 is 0 Å². The zero-order chi connectivity index (χ0) is 13.1. The molecule has 0 heterocycles. The van der Waals surface area contributed by atoms with Gasteiger partial charge >= 0.3 is 0 Å². The van der Waals surface area contributed by atoms with Crippen molar-refractivity contribution in [2.75, 3.05) is 0 Å². The molecule has 0 nitrogen and oxygen atoms in total. The summed E-state index contributed by atoms with van der Waals surface area (Å²) in [5.41, 5.74) is 5.14. The third-order valence-corrected chi connectivity index (χ3v) is 4.19. The maximum Gasteiger partial charge on any atom is -0.000718 e. The second-order valence-electron chi connectivity index (χ2n) is 5.23. The molecule has 4 aromatic rings. The van der Waals surface area contributed by atoms with Gasteiger partial charge in [0.15, 0.2) is 0 Å². The molecule has 4 aromatic carbocycles. The lowest BCUT2D eigenvalue weighted by Crippen LogP contribution is -1.80. The second kappa shape index (κ2) is 3.49. The molecule has 5 rings (SSSR count). The van der Waals surface area contributed by atoms with Crippen molar-refractivity contribution in [3.63, 3.8) is 0 Å². The standard InChI is InChI=1S/C20H10/c1-2-7-14-13(6-1)12-19-16-9-4-3-8-15(16)18-11-5-10-17(14)20(18)19/h1-9,11H. The smallest absolute Gasteiger partial charge is 0.000718 e. The van der Waals surface area contributed by atoms with E-state index in [1.165, 1.54) is 43.8 Å². The molecule has 1 aliphatic carbocycles. The number of hydrogen-bond donors (Lipinski definition) is 0. The Morgan fingerprint density at radius 3 is 2.45 bits per heavy atom. The molecule has 0 saturated carbocycles. The van der Waals surface area contributed by atoms with Crippen LogP contribution in [0.2, 0.25) is 0 Å². The lowest BCUT2D eigenvalue weighted by molar-refractivity contribution is 1.69. The van der Waals surface area contributed by atoms with Crippen LogP contribution in [0.5, 0.6) is 0 Å². The SMILES string of the molecule is [c]1c2c3c(cc[c]c3c3ccccc13)-c1ccccc1-2. The first-order valence-electron chi connectivity index (χ1n) is 6.82. The molecule has 0 bridgehead atoms. The molecular weight excluding hydrogens is 240 g/mol. The molecule has 0 saturated heterocycles. The highest BCUT2D eigenvalue weighted by Gasteiger charge is 2.21. The molecule has 0 unspecified atom stereocenters. The zero-order valence-electron chi connectivity index (χ0n) is 10.8. The molecule has 0 N–H and O–H groups in total. The molecular formula is C20H10. The predicted molar refractivity (Wildman–Crippen MR) is 83.6 cm³/mol. The summed E-state index contributed by atoms with van der Waals surface area (Å²) in [7, 11) is 0. The molecule has 90 valence electrons. The first kappa shape index (κ1) is 10.2. The van der Waals surface area contributed by atoms with E-state index in [9.17, 15) is 0 Å². The topological polar surface area (TPSA) is 0 Å². The fourth-order valence-corrected chi connectivity index (χ4v) is 3.34. The molecule has 0 spiro atoms. The van der Waals surface area contributed by atoms with Gasteiger partial charge in [-0.3, -0.25) is 0 Å². The Morgan fingerprint density at radius 1 is 0.700 bits per heavy atom. The number of fused-ring (bicyclic) bond motifs is 5. The highest BCUT2D eigenvalue weighted by molar-refractivity contribution is 6.22. The fraction of sp³-hybridized carbons (Fsp3) is 0. The maximum absolute atomic E-state index is 3.61. The predicted octanol–water partition coefficient (Wildman–Crippen LogP) is 5.24. The minimum absolute atomic E-state index is 1.17. The van der Waals surface area contributed by atoms with E-state index in [1.807, 2.05) is 6.07 Å². The third kappa shape index (κ3) is 1.12. The van der Waals surface area contributed by atoms with Crippen LogP contribution in [0.1, 0.15) is 0 Å². The summed E-state index contributed by atoms with van der Waals surface area (Å²) >= 11 is 0. The van der Waals surface area contributed by atoms with E-state index in [-0.39, 0.29) is 0 Å². The average molecular weight is 250 g/mol. The van der Waals surface area contributed by atoms with Gasteiger partial charge in [-0.05, 0) is 55.9 Å². The van der Waals surface area contributed by atoms with Crippen LogP contribution in [-0.2, 0) is 0 Å². The van der Waals surface area contributed by atoms with E-state index in [2.05, 4.69) is 66.7 Å². The quantitative estimate of drug-likeness (QED) is 0.330. The first-order chi connectivity index (χ1) is 9.93. The summed E-state index contributed by atoms with van der Waals surface area (Å²) in [5, 5.41) is 4.91. The van der Waals surface area contributed by atoms with Crippen LogP contribution in [0.15, 0.2) is 60.7 Å². The lowest BCUT2D eigenvalue weighted by Gasteiger charge is -2.06. The Hall–Kier alpha value is -2.60. The van der Waals surface area contributed by atoms with Gasteiger partial charge in [0.1, 0.15) is 0 Å². The van der Waals surface area contributed by atoms with Crippen LogP contribution in [0, 0.1) is 12.1 Å². The first-order valence-corrected chi connectivity index (χ1v) is 6.82. The van der Waals surface area contributed by atoms with Gasteiger partial charge in [-0.2, -0.15) is 0 Å². The van der Waals surface area contributed by atoms with E-state index in [4.69, 9.17) is 0 Å². The highest BCUT2D eigenvalue weighted by Crippen LogP contribution is 2.48. The van der Waals surface area contributed by atoms with Crippen LogP contribution < -0.4 is 0 Å². The van der Waals surface area contributed by atoms with Crippen molar-refractivity contribution < 1.29 is 0 Å². The molecule has 0 aliphatic heterocycles. The van der Waals surface area contributed by atoms with Crippen molar-refractivity contribution in [2.24, 2.45) is 0 Å². The molecule has 20 heavy (non-hydrogen) atoms. The second-order valence-corrected chi connectivity index (χ2v) is 5.23. The average Bonchev–Trinajstić information content (AvgIpc) is 2.84. The summed E-state index contributed by atoms with van der Waals surface area (Å²) in [6.07, 6.45) is 0. The van der Waals surface area contributed by atoms with E-state index in [1.54, 1.807) is 0 Å². The number of benzene rings is 4. The van der Waals surface area contributed by atoms with Crippen molar-refractivity contribution in [2.45, 2.75) is 0 Å². The summed E-state index contributed by atoms with van der Waals surface area (Å²) in [6.45, 7) is 0. The molecule has 1 aliphatic rings. The van der Waals surface area contributed by atoms with Gasteiger partial charge in [0, 0.05) is 0 Å². The van der Waals surface area contributed by atoms with E-state index < -0.39 is 0 Å². The van der Waals surface area contributed by atoms with Crippen molar-refractivity contribution >= 4 is 21.5 Å². The maximum atomic E-state index is 3.61. The van der Waals surface area contributed by atoms with E-state index in [0.29, 0.717) is 0 Å². The minimum atomic E-state index is 1.17. The molecule has 0 fully saturated rings. The summed E-state index contributed by atoms with van der Waals surface area (Å²) in [4.78, 5) is 0.